The molecule has 0 aromatic heterocycles. The van der Waals surface area contributed by atoms with E-state index >= 15 is 0 Å². The van der Waals surface area contributed by atoms with E-state index in [9.17, 15) is 9.59 Å². The molecule has 0 aliphatic rings. The quantitative estimate of drug-likeness (QED) is 0.601. The van der Waals surface area contributed by atoms with Gasteiger partial charge in [0.1, 0.15) is 12.4 Å². The molecule has 26 heavy (non-hydrogen) atoms. The van der Waals surface area contributed by atoms with E-state index in [1.165, 1.54) is 13.0 Å². The molecule has 5 heteroatoms. The van der Waals surface area contributed by atoms with Gasteiger partial charge in [0.15, 0.2) is 6.10 Å². The summed E-state index contributed by atoms with van der Waals surface area (Å²) in [4.78, 5) is 23.6. The predicted octanol–water partition coefficient (Wildman–Crippen LogP) is 4.10. The highest BCUT2D eigenvalue weighted by atomic mass is 16.5. The SMILES string of the molecule is CC(C)=CC(=O)OC(C)C(=O)Nc1ccc(OCc2ccccc2)cc1. The van der Waals surface area contributed by atoms with Crippen molar-refractivity contribution in [3.8, 4) is 5.75 Å². The van der Waals surface area contributed by atoms with Gasteiger partial charge in [0, 0.05) is 11.8 Å². The fourth-order valence-corrected chi connectivity index (χ4v) is 2.12. The zero-order valence-electron chi connectivity index (χ0n) is 15.2. The van der Waals surface area contributed by atoms with Crippen LogP contribution in [0.3, 0.4) is 0 Å². The minimum Gasteiger partial charge on any atom is -0.489 e. The Morgan fingerprint density at radius 2 is 1.69 bits per heavy atom. The van der Waals surface area contributed by atoms with Crippen LogP contribution in [0.2, 0.25) is 0 Å². The average Bonchev–Trinajstić information content (AvgIpc) is 2.61. The van der Waals surface area contributed by atoms with Gasteiger partial charge in [-0.2, -0.15) is 0 Å². The summed E-state index contributed by atoms with van der Waals surface area (Å²) < 4.78 is 10.8. The lowest BCUT2D eigenvalue weighted by Crippen LogP contribution is -2.29. The largest absolute Gasteiger partial charge is 0.489 e. The summed E-state index contributed by atoms with van der Waals surface area (Å²) in [6.07, 6.45) is 0.468. The third-order valence-corrected chi connectivity index (χ3v) is 3.44. The van der Waals surface area contributed by atoms with E-state index in [1.807, 2.05) is 30.3 Å². The smallest absolute Gasteiger partial charge is 0.331 e. The Morgan fingerprint density at radius 1 is 1.04 bits per heavy atom. The van der Waals surface area contributed by atoms with Crippen molar-refractivity contribution >= 4 is 17.6 Å². The second-order valence-electron chi connectivity index (χ2n) is 6.09. The molecule has 1 atom stereocenters. The van der Waals surface area contributed by atoms with Gasteiger partial charge < -0.3 is 14.8 Å². The Balaban J connectivity index is 1.85. The highest BCUT2D eigenvalue weighted by Crippen LogP contribution is 2.17. The van der Waals surface area contributed by atoms with Crippen LogP contribution in [0.1, 0.15) is 26.3 Å². The maximum atomic E-state index is 12.1. The number of anilines is 1. The molecule has 2 rings (SSSR count). The van der Waals surface area contributed by atoms with Crippen molar-refractivity contribution < 1.29 is 19.1 Å². The lowest BCUT2D eigenvalue weighted by Gasteiger charge is -2.13. The van der Waals surface area contributed by atoms with Crippen LogP contribution in [0.15, 0.2) is 66.2 Å². The molecule has 0 aliphatic carbocycles. The Kier molecular flexibility index (Phi) is 6.97. The van der Waals surface area contributed by atoms with Crippen molar-refractivity contribution in [3.05, 3.63) is 71.8 Å². The van der Waals surface area contributed by atoms with Crippen LogP contribution in [0.5, 0.6) is 5.75 Å². The van der Waals surface area contributed by atoms with Gasteiger partial charge in [-0.15, -0.1) is 0 Å². The predicted molar refractivity (Wildman–Crippen MR) is 101 cm³/mol. The number of hydrogen-bond donors (Lipinski definition) is 1. The lowest BCUT2D eigenvalue weighted by molar-refractivity contribution is -0.148. The number of amides is 1. The second-order valence-corrected chi connectivity index (χ2v) is 6.09. The summed E-state index contributed by atoms with van der Waals surface area (Å²) in [5, 5.41) is 2.71. The number of allylic oxidation sites excluding steroid dienone is 1. The van der Waals surface area contributed by atoms with E-state index in [0.29, 0.717) is 18.0 Å². The molecule has 1 amide bonds. The molecule has 2 aromatic carbocycles. The topological polar surface area (TPSA) is 64.6 Å². The maximum Gasteiger partial charge on any atom is 0.331 e. The number of nitrogens with one attached hydrogen (secondary N) is 1. The number of carbonyl (C=O) groups is 2. The normalized spacial score (nSPS) is 11.2. The molecule has 2 aromatic rings. The summed E-state index contributed by atoms with van der Waals surface area (Å²) in [6, 6.07) is 16.9. The minimum absolute atomic E-state index is 0.390. The molecular formula is C21H23NO4. The zero-order chi connectivity index (χ0) is 18.9. The highest BCUT2D eigenvalue weighted by Gasteiger charge is 2.16. The summed E-state index contributed by atoms with van der Waals surface area (Å²) >= 11 is 0. The number of carbonyl (C=O) groups excluding carboxylic acids is 2. The molecule has 0 saturated carbocycles. The number of benzene rings is 2. The van der Waals surface area contributed by atoms with Gasteiger partial charge in [0.05, 0.1) is 0 Å². The summed E-state index contributed by atoms with van der Waals surface area (Å²) in [6.45, 7) is 5.58. The standard InChI is InChI=1S/C21H23NO4/c1-15(2)13-20(23)26-16(3)21(24)22-18-9-11-19(12-10-18)25-14-17-7-5-4-6-8-17/h4-13,16H,14H2,1-3H3,(H,22,24). The van der Waals surface area contributed by atoms with E-state index in [2.05, 4.69) is 5.32 Å². The maximum absolute atomic E-state index is 12.1. The third-order valence-electron chi connectivity index (χ3n) is 3.44. The molecule has 1 unspecified atom stereocenters. The van der Waals surface area contributed by atoms with Crippen LogP contribution in [-0.4, -0.2) is 18.0 Å². The molecular weight excluding hydrogens is 330 g/mol. The molecule has 0 heterocycles. The molecule has 0 bridgehead atoms. The van der Waals surface area contributed by atoms with Gasteiger partial charge in [-0.05, 0) is 50.6 Å². The van der Waals surface area contributed by atoms with Crippen molar-refractivity contribution in [2.24, 2.45) is 0 Å². The minimum atomic E-state index is -0.882. The zero-order valence-corrected chi connectivity index (χ0v) is 15.2. The monoisotopic (exact) mass is 353 g/mol. The fourth-order valence-electron chi connectivity index (χ4n) is 2.12. The van der Waals surface area contributed by atoms with Crippen molar-refractivity contribution in [1.29, 1.82) is 0 Å². The molecule has 5 nitrogen and oxygen atoms in total. The molecule has 136 valence electrons. The van der Waals surface area contributed by atoms with Crippen molar-refractivity contribution in [3.63, 3.8) is 0 Å². The number of ether oxygens (including phenoxy) is 2. The van der Waals surface area contributed by atoms with Crippen LogP contribution in [-0.2, 0) is 20.9 Å². The third kappa shape index (κ3) is 6.43. The Hall–Kier alpha value is -3.08. The molecule has 0 fully saturated rings. The summed E-state index contributed by atoms with van der Waals surface area (Å²) in [5.74, 6) is -0.217. The van der Waals surface area contributed by atoms with Gasteiger partial charge in [-0.25, -0.2) is 4.79 Å². The first-order chi connectivity index (χ1) is 12.4. The van der Waals surface area contributed by atoms with Crippen molar-refractivity contribution in [2.75, 3.05) is 5.32 Å². The lowest BCUT2D eigenvalue weighted by atomic mass is 10.2. The number of hydrogen-bond acceptors (Lipinski definition) is 4. The van der Waals surface area contributed by atoms with Crippen LogP contribution in [0.4, 0.5) is 5.69 Å². The van der Waals surface area contributed by atoms with E-state index in [0.717, 1.165) is 11.1 Å². The van der Waals surface area contributed by atoms with Crippen LogP contribution < -0.4 is 10.1 Å². The number of esters is 1. The summed E-state index contributed by atoms with van der Waals surface area (Å²) in [7, 11) is 0. The molecule has 0 aliphatic heterocycles. The number of rotatable bonds is 7. The van der Waals surface area contributed by atoms with Crippen LogP contribution >= 0.6 is 0 Å². The van der Waals surface area contributed by atoms with Crippen LogP contribution in [0, 0.1) is 0 Å². The molecule has 0 spiro atoms. The van der Waals surface area contributed by atoms with Gasteiger partial charge in [-0.1, -0.05) is 35.9 Å². The van der Waals surface area contributed by atoms with Gasteiger partial charge >= 0.3 is 5.97 Å². The van der Waals surface area contributed by atoms with Crippen LogP contribution in [0.25, 0.3) is 0 Å². The molecule has 0 radical (unpaired) electrons. The first kappa shape index (κ1) is 19.2. The fraction of sp³-hybridized carbons (Fsp3) is 0.238. The van der Waals surface area contributed by atoms with E-state index in [-0.39, 0.29) is 0 Å². The highest BCUT2D eigenvalue weighted by molar-refractivity contribution is 5.96. The van der Waals surface area contributed by atoms with Crippen molar-refractivity contribution in [2.45, 2.75) is 33.5 Å². The van der Waals surface area contributed by atoms with E-state index in [4.69, 9.17) is 9.47 Å². The Morgan fingerprint density at radius 3 is 2.31 bits per heavy atom. The Labute approximate surface area is 153 Å². The first-order valence-electron chi connectivity index (χ1n) is 8.37. The Bertz CT molecular complexity index is 762. The van der Waals surface area contributed by atoms with Crippen molar-refractivity contribution in [1.82, 2.24) is 0 Å². The van der Waals surface area contributed by atoms with Gasteiger partial charge in [0.2, 0.25) is 0 Å². The van der Waals surface area contributed by atoms with E-state index in [1.54, 1.807) is 38.1 Å². The average molecular weight is 353 g/mol. The summed E-state index contributed by atoms with van der Waals surface area (Å²) in [5.41, 5.74) is 2.50. The second kappa shape index (κ2) is 9.42. The van der Waals surface area contributed by atoms with E-state index < -0.39 is 18.0 Å². The first-order valence-corrected chi connectivity index (χ1v) is 8.37. The molecule has 0 saturated heterocycles. The van der Waals surface area contributed by atoms with Gasteiger partial charge in [0.25, 0.3) is 5.91 Å². The van der Waals surface area contributed by atoms with Gasteiger partial charge in [-0.3, -0.25) is 4.79 Å². The molecule has 1 N–H and O–H groups in total.